The van der Waals surface area contributed by atoms with Crippen molar-refractivity contribution in [1.82, 2.24) is 0 Å². The second-order valence-corrected chi connectivity index (χ2v) is 3.90. The van der Waals surface area contributed by atoms with Crippen molar-refractivity contribution in [1.29, 1.82) is 0 Å². The molecule has 1 aromatic carbocycles. The van der Waals surface area contributed by atoms with E-state index < -0.39 is 0 Å². The third-order valence-electron chi connectivity index (χ3n) is 2.94. The first-order valence-electron chi connectivity index (χ1n) is 5.39. The molecule has 1 heteroatoms. The zero-order valence-corrected chi connectivity index (χ0v) is 8.75. The predicted molar refractivity (Wildman–Crippen MR) is 58.4 cm³/mol. The van der Waals surface area contributed by atoms with Crippen molar-refractivity contribution in [2.75, 3.05) is 7.11 Å². The highest BCUT2D eigenvalue weighted by molar-refractivity contribution is 5.37. The Balaban J connectivity index is 2.13. The Bertz CT molecular complexity index is 287. The van der Waals surface area contributed by atoms with Gasteiger partial charge in [0, 0.05) is 5.92 Å². The van der Waals surface area contributed by atoms with Gasteiger partial charge in [-0.3, -0.25) is 0 Å². The molecule has 0 spiro atoms. The molecular formula is C13H17O. The van der Waals surface area contributed by atoms with Crippen molar-refractivity contribution in [3.63, 3.8) is 0 Å². The van der Waals surface area contributed by atoms with Gasteiger partial charge in [0.15, 0.2) is 0 Å². The van der Waals surface area contributed by atoms with Crippen LogP contribution in [-0.2, 0) is 0 Å². The van der Waals surface area contributed by atoms with Crippen LogP contribution in [0.2, 0.25) is 0 Å². The topological polar surface area (TPSA) is 9.23 Å². The number of hydrogen-bond acceptors (Lipinski definition) is 1. The third kappa shape index (κ3) is 2.09. The van der Waals surface area contributed by atoms with Gasteiger partial charge in [-0.2, -0.15) is 0 Å². The van der Waals surface area contributed by atoms with E-state index in [1.54, 1.807) is 13.0 Å². The van der Waals surface area contributed by atoms with Crippen LogP contribution in [0.25, 0.3) is 0 Å². The van der Waals surface area contributed by atoms with Crippen LogP contribution in [0.4, 0.5) is 0 Å². The van der Waals surface area contributed by atoms with Gasteiger partial charge in [0.2, 0.25) is 0 Å². The van der Waals surface area contributed by atoms with E-state index in [2.05, 4.69) is 18.2 Å². The van der Waals surface area contributed by atoms with Gasteiger partial charge >= 0.3 is 0 Å². The standard InChI is InChI=1S/C13H17O/c1-14-13-9-5-8-12(10-13)11-6-3-2-4-7-11/h5,8-10H,2-4,6-7H2,1H3. The summed E-state index contributed by atoms with van der Waals surface area (Å²) < 4.78 is 5.23. The molecule has 0 heterocycles. The molecule has 1 aromatic rings. The summed E-state index contributed by atoms with van der Waals surface area (Å²) in [5, 5.41) is 0. The van der Waals surface area contributed by atoms with Crippen molar-refractivity contribution in [2.45, 2.75) is 32.1 Å². The van der Waals surface area contributed by atoms with Gasteiger partial charge in [-0.25, -0.2) is 0 Å². The average molecular weight is 189 g/mol. The van der Waals surface area contributed by atoms with Crippen molar-refractivity contribution >= 4 is 0 Å². The van der Waals surface area contributed by atoms with E-state index in [-0.39, 0.29) is 0 Å². The Labute approximate surface area is 86.1 Å². The van der Waals surface area contributed by atoms with Crippen LogP contribution < -0.4 is 4.74 Å². The highest BCUT2D eigenvalue weighted by Gasteiger charge is 2.16. The van der Waals surface area contributed by atoms with E-state index in [9.17, 15) is 0 Å². The van der Waals surface area contributed by atoms with E-state index in [1.807, 2.05) is 6.07 Å². The van der Waals surface area contributed by atoms with Gasteiger partial charge in [0.05, 0.1) is 7.11 Å². The van der Waals surface area contributed by atoms with Crippen LogP contribution in [0.15, 0.2) is 24.3 Å². The molecule has 0 saturated heterocycles. The Hall–Kier alpha value is -0.980. The molecule has 1 fully saturated rings. The molecule has 0 aliphatic heterocycles. The Morgan fingerprint density at radius 2 is 1.86 bits per heavy atom. The van der Waals surface area contributed by atoms with Gasteiger partial charge in [-0.05, 0) is 30.5 Å². The van der Waals surface area contributed by atoms with E-state index >= 15 is 0 Å². The number of ether oxygens (including phenoxy) is 1. The molecule has 0 N–H and O–H groups in total. The number of benzene rings is 1. The minimum absolute atomic E-state index is 0.973. The lowest BCUT2D eigenvalue weighted by atomic mass is 9.84. The van der Waals surface area contributed by atoms with Gasteiger partial charge in [0.1, 0.15) is 5.75 Å². The molecule has 0 bridgehead atoms. The lowest BCUT2D eigenvalue weighted by molar-refractivity contribution is 0.414. The van der Waals surface area contributed by atoms with Crippen LogP contribution in [0.1, 0.15) is 37.7 Å². The summed E-state index contributed by atoms with van der Waals surface area (Å²) in [6.45, 7) is 0. The van der Waals surface area contributed by atoms with E-state index in [1.165, 1.54) is 37.7 Å². The predicted octanol–water partition coefficient (Wildman–Crippen LogP) is 3.58. The maximum atomic E-state index is 5.23. The highest BCUT2D eigenvalue weighted by atomic mass is 16.5. The van der Waals surface area contributed by atoms with Gasteiger partial charge in [0.25, 0.3) is 0 Å². The summed E-state index contributed by atoms with van der Waals surface area (Å²) in [7, 11) is 1.73. The monoisotopic (exact) mass is 189 g/mol. The van der Waals surface area contributed by atoms with Crippen molar-refractivity contribution in [2.24, 2.45) is 0 Å². The molecule has 14 heavy (non-hydrogen) atoms. The summed E-state index contributed by atoms with van der Waals surface area (Å²) in [4.78, 5) is 0. The average Bonchev–Trinajstić information content (AvgIpc) is 2.30. The van der Waals surface area contributed by atoms with E-state index in [4.69, 9.17) is 4.74 Å². The largest absolute Gasteiger partial charge is 0.497 e. The molecule has 1 nitrogen and oxygen atoms in total. The number of methoxy groups -OCH3 is 1. The number of hydrogen-bond donors (Lipinski definition) is 0. The first-order valence-corrected chi connectivity index (χ1v) is 5.39. The molecule has 0 amide bonds. The van der Waals surface area contributed by atoms with Crippen LogP contribution in [0.3, 0.4) is 0 Å². The second kappa shape index (κ2) is 4.50. The molecular weight excluding hydrogens is 172 g/mol. The maximum absolute atomic E-state index is 5.23. The molecule has 0 aromatic heterocycles. The molecule has 2 rings (SSSR count). The maximum Gasteiger partial charge on any atom is 0.119 e. The summed E-state index contributed by atoms with van der Waals surface area (Å²) >= 11 is 0. The summed E-state index contributed by atoms with van der Waals surface area (Å²) in [5.74, 6) is 2.58. The van der Waals surface area contributed by atoms with Gasteiger partial charge < -0.3 is 4.74 Å². The molecule has 0 unspecified atom stereocenters. The quantitative estimate of drug-likeness (QED) is 0.691. The molecule has 1 aliphatic rings. The van der Waals surface area contributed by atoms with E-state index in [0.29, 0.717) is 0 Å². The van der Waals surface area contributed by atoms with Crippen LogP contribution in [0, 0.1) is 5.92 Å². The van der Waals surface area contributed by atoms with Gasteiger partial charge in [-0.1, -0.05) is 31.4 Å². The fourth-order valence-electron chi connectivity index (χ4n) is 2.11. The summed E-state index contributed by atoms with van der Waals surface area (Å²) in [5.41, 5.74) is 1.38. The first-order chi connectivity index (χ1) is 6.90. The van der Waals surface area contributed by atoms with Crippen molar-refractivity contribution in [3.05, 3.63) is 35.7 Å². The zero-order chi connectivity index (χ0) is 9.80. The normalized spacial score (nSPS) is 18.1. The Morgan fingerprint density at radius 3 is 2.57 bits per heavy atom. The summed E-state index contributed by atoms with van der Waals surface area (Å²) in [6, 6.07) is 8.44. The Morgan fingerprint density at radius 1 is 1.07 bits per heavy atom. The zero-order valence-electron chi connectivity index (χ0n) is 8.75. The first kappa shape index (κ1) is 9.57. The third-order valence-corrected chi connectivity index (χ3v) is 2.94. The Kier molecular flexibility index (Phi) is 3.07. The fourth-order valence-corrected chi connectivity index (χ4v) is 2.11. The van der Waals surface area contributed by atoms with E-state index in [0.717, 1.165) is 5.75 Å². The second-order valence-electron chi connectivity index (χ2n) is 3.90. The van der Waals surface area contributed by atoms with Crippen LogP contribution in [-0.4, -0.2) is 7.11 Å². The number of rotatable bonds is 2. The van der Waals surface area contributed by atoms with Gasteiger partial charge in [-0.15, -0.1) is 0 Å². The summed E-state index contributed by atoms with van der Waals surface area (Å²) in [6.07, 6.45) is 6.65. The van der Waals surface area contributed by atoms with Crippen LogP contribution >= 0.6 is 0 Å². The van der Waals surface area contributed by atoms with Crippen molar-refractivity contribution < 1.29 is 4.74 Å². The lowest BCUT2D eigenvalue weighted by Crippen LogP contribution is -2.05. The van der Waals surface area contributed by atoms with Crippen molar-refractivity contribution in [3.8, 4) is 5.75 Å². The molecule has 1 radical (unpaired) electrons. The highest BCUT2D eigenvalue weighted by Crippen LogP contribution is 2.32. The minimum atomic E-state index is 0.973. The SMILES string of the molecule is COc1cccc([C]2CCCCC2)c1. The molecule has 0 atom stereocenters. The smallest absolute Gasteiger partial charge is 0.119 e. The minimum Gasteiger partial charge on any atom is -0.497 e. The fraction of sp³-hybridized carbons (Fsp3) is 0.462. The molecule has 75 valence electrons. The van der Waals surface area contributed by atoms with Crippen LogP contribution in [0.5, 0.6) is 5.75 Å². The lowest BCUT2D eigenvalue weighted by Gasteiger charge is -2.21. The molecule has 1 saturated carbocycles. The molecule has 1 aliphatic carbocycles.